The van der Waals surface area contributed by atoms with Gasteiger partial charge < -0.3 is 10.1 Å². The number of aromatic amines is 1. The van der Waals surface area contributed by atoms with Crippen LogP contribution in [0.25, 0.3) is 0 Å². The number of ether oxygens (including phenoxy) is 1. The van der Waals surface area contributed by atoms with Crippen LogP contribution in [0.5, 0.6) is 0 Å². The average molecular weight is 258 g/mol. The molecule has 1 saturated heterocycles. The Bertz CT molecular complexity index is 505. The second kappa shape index (κ2) is 5.84. The summed E-state index contributed by atoms with van der Waals surface area (Å²) in [7, 11) is 0. The minimum atomic E-state index is 0.452. The lowest BCUT2D eigenvalue weighted by atomic mass is 10.00. The summed E-state index contributed by atoms with van der Waals surface area (Å²) in [5, 5.41) is 10.5. The second-order valence-corrected chi connectivity index (χ2v) is 4.77. The molecule has 1 aliphatic rings. The topological polar surface area (TPSA) is 62.8 Å². The molecule has 1 fully saturated rings. The minimum absolute atomic E-state index is 0.452. The molecular weight excluding hydrogens is 240 g/mol. The van der Waals surface area contributed by atoms with E-state index in [2.05, 4.69) is 32.6 Å². The SMILES string of the molecule is c1ccc(CNc2n[nH]c(C3CCOCC3)n2)cc1. The molecule has 0 saturated carbocycles. The molecule has 2 aromatic rings. The van der Waals surface area contributed by atoms with Gasteiger partial charge in [0.1, 0.15) is 5.82 Å². The van der Waals surface area contributed by atoms with Gasteiger partial charge in [-0.3, -0.25) is 5.10 Å². The monoisotopic (exact) mass is 258 g/mol. The van der Waals surface area contributed by atoms with Crippen LogP contribution in [-0.4, -0.2) is 28.4 Å². The number of nitrogens with one attached hydrogen (secondary N) is 2. The fraction of sp³-hybridized carbons (Fsp3) is 0.429. The lowest BCUT2D eigenvalue weighted by molar-refractivity contribution is 0.0836. The highest BCUT2D eigenvalue weighted by Gasteiger charge is 2.19. The van der Waals surface area contributed by atoms with Gasteiger partial charge >= 0.3 is 0 Å². The Morgan fingerprint density at radius 1 is 1.21 bits per heavy atom. The van der Waals surface area contributed by atoms with Gasteiger partial charge in [0.05, 0.1) is 0 Å². The smallest absolute Gasteiger partial charge is 0.242 e. The van der Waals surface area contributed by atoms with Crippen LogP contribution in [0.15, 0.2) is 30.3 Å². The van der Waals surface area contributed by atoms with E-state index in [0.29, 0.717) is 11.9 Å². The van der Waals surface area contributed by atoms with Crippen molar-refractivity contribution in [2.24, 2.45) is 0 Å². The van der Waals surface area contributed by atoms with Crippen molar-refractivity contribution >= 4 is 5.95 Å². The third kappa shape index (κ3) is 3.12. The van der Waals surface area contributed by atoms with Crippen LogP contribution in [-0.2, 0) is 11.3 Å². The average Bonchev–Trinajstić information content (AvgIpc) is 2.96. The first kappa shape index (κ1) is 12.2. The van der Waals surface area contributed by atoms with E-state index >= 15 is 0 Å². The first-order valence-corrected chi connectivity index (χ1v) is 6.69. The Morgan fingerprint density at radius 2 is 2.00 bits per heavy atom. The lowest BCUT2D eigenvalue weighted by Gasteiger charge is -2.19. The van der Waals surface area contributed by atoms with Gasteiger partial charge in [-0.25, -0.2) is 0 Å². The molecule has 5 heteroatoms. The fourth-order valence-corrected chi connectivity index (χ4v) is 2.28. The van der Waals surface area contributed by atoms with Crippen LogP contribution in [0.1, 0.15) is 30.1 Å². The van der Waals surface area contributed by atoms with Gasteiger partial charge in [0.25, 0.3) is 0 Å². The maximum Gasteiger partial charge on any atom is 0.242 e. The molecule has 0 atom stereocenters. The van der Waals surface area contributed by atoms with Crippen LogP contribution >= 0.6 is 0 Å². The van der Waals surface area contributed by atoms with E-state index in [4.69, 9.17) is 4.74 Å². The van der Waals surface area contributed by atoms with Crippen molar-refractivity contribution < 1.29 is 4.74 Å². The Kier molecular flexibility index (Phi) is 3.74. The number of hydrogen-bond donors (Lipinski definition) is 2. The Balaban J connectivity index is 1.58. The van der Waals surface area contributed by atoms with Crippen molar-refractivity contribution in [2.75, 3.05) is 18.5 Å². The standard InChI is InChI=1S/C14H18N4O/c1-2-4-11(5-3-1)10-15-14-16-13(17-18-14)12-6-8-19-9-7-12/h1-5,12H,6-10H2,(H2,15,16,17,18). The number of H-pyrrole nitrogens is 1. The Morgan fingerprint density at radius 3 is 2.79 bits per heavy atom. The molecule has 0 radical (unpaired) electrons. The van der Waals surface area contributed by atoms with Gasteiger partial charge in [0, 0.05) is 25.7 Å². The Labute approximate surface area is 112 Å². The zero-order valence-corrected chi connectivity index (χ0v) is 10.8. The molecule has 1 aromatic carbocycles. The minimum Gasteiger partial charge on any atom is -0.381 e. The van der Waals surface area contributed by atoms with Crippen molar-refractivity contribution in [1.82, 2.24) is 15.2 Å². The molecule has 0 unspecified atom stereocenters. The summed E-state index contributed by atoms with van der Waals surface area (Å²) in [6.07, 6.45) is 2.04. The predicted octanol–water partition coefficient (Wildman–Crippen LogP) is 2.31. The number of rotatable bonds is 4. The maximum absolute atomic E-state index is 5.36. The van der Waals surface area contributed by atoms with E-state index < -0.39 is 0 Å². The lowest BCUT2D eigenvalue weighted by Crippen LogP contribution is -2.15. The van der Waals surface area contributed by atoms with Gasteiger partial charge in [-0.05, 0) is 18.4 Å². The maximum atomic E-state index is 5.36. The number of benzene rings is 1. The highest BCUT2D eigenvalue weighted by molar-refractivity contribution is 5.27. The number of hydrogen-bond acceptors (Lipinski definition) is 4. The second-order valence-electron chi connectivity index (χ2n) is 4.77. The van der Waals surface area contributed by atoms with Crippen molar-refractivity contribution in [2.45, 2.75) is 25.3 Å². The van der Waals surface area contributed by atoms with E-state index in [0.717, 1.165) is 38.4 Å². The van der Waals surface area contributed by atoms with Crippen molar-refractivity contribution in [3.63, 3.8) is 0 Å². The quantitative estimate of drug-likeness (QED) is 0.883. The van der Waals surface area contributed by atoms with Gasteiger partial charge in [-0.1, -0.05) is 30.3 Å². The summed E-state index contributed by atoms with van der Waals surface area (Å²) in [4.78, 5) is 4.52. The Hall–Kier alpha value is -1.88. The molecule has 0 bridgehead atoms. The van der Waals surface area contributed by atoms with Crippen LogP contribution in [0, 0.1) is 0 Å². The summed E-state index contributed by atoms with van der Waals surface area (Å²) in [5.41, 5.74) is 1.22. The van der Waals surface area contributed by atoms with E-state index in [1.165, 1.54) is 5.56 Å². The van der Waals surface area contributed by atoms with E-state index in [1.54, 1.807) is 0 Å². The van der Waals surface area contributed by atoms with E-state index in [9.17, 15) is 0 Å². The molecule has 2 N–H and O–H groups in total. The molecular formula is C14H18N4O. The van der Waals surface area contributed by atoms with Gasteiger partial charge in [0.2, 0.25) is 5.95 Å². The largest absolute Gasteiger partial charge is 0.381 e. The van der Waals surface area contributed by atoms with Crippen molar-refractivity contribution in [3.05, 3.63) is 41.7 Å². The molecule has 1 aromatic heterocycles. The molecule has 19 heavy (non-hydrogen) atoms. The van der Waals surface area contributed by atoms with Crippen LogP contribution < -0.4 is 5.32 Å². The van der Waals surface area contributed by atoms with Gasteiger partial charge in [0.15, 0.2) is 0 Å². The summed E-state index contributed by atoms with van der Waals surface area (Å²) < 4.78 is 5.36. The van der Waals surface area contributed by atoms with Crippen molar-refractivity contribution in [3.8, 4) is 0 Å². The first-order valence-electron chi connectivity index (χ1n) is 6.69. The van der Waals surface area contributed by atoms with Gasteiger partial charge in [-0.2, -0.15) is 4.98 Å². The zero-order chi connectivity index (χ0) is 12.9. The summed E-state index contributed by atoms with van der Waals surface area (Å²) in [5.74, 6) is 2.10. The highest BCUT2D eigenvalue weighted by atomic mass is 16.5. The molecule has 100 valence electrons. The summed E-state index contributed by atoms with van der Waals surface area (Å²) in [6, 6.07) is 10.2. The molecule has 2 heterocycles. The number of nitrogens with zero attached hydrogens (tertiary/aromatic N) is 2. The third-order valence-electron chi connectivity index (χ3n) is 3.40. The van der Waals surface area contributed by atoms with E-state index in [-0.39, 0.29) is 0 Å². The van der Waals surface area contributed by atoms with Crippen molar-refractivity contribution in [1.29, 1.82) is 0 Å². The van der Waals surface area contributed by atoms with Gasteiger partial charge in [-0.15, -0.1) is 5.10 Å². The van der Waals surface area contributed by atoms with Crippen LogP contribution in [0.3, 0.4) is 0 Å². The number of anilines is 1. The fourth-order valence-electron chi connectivity index (χ4n) is 2.28. The van der Waals surface area contributed by atoms with E-state index in [1.807, 2.05) is 18.2 Å². The van der Waals surface area contributed by atoms with Crippen LogP contribution in [0.4, 0.5) is 5.95 Å². The molecule has 1 aliphatic heterocycles. The normalized spacial score (nSPS) is 16.4. The first-order chi connectivity index (χ1) is 9.42. The summed E-state index contributed by atoms with van der Waals surface area (Å²) >= 11 is 0. The highest BCUT2D eigenvalue weighted by Crippen LogP contribution is 2.24. The molecule has 0 spiro atoms. The molecule has 3 rings (SSSR count). The molecule has 0 aliphatic carbocycles. The van der Waals surface area contributed by atoms with Crippen LogP contribution in [0.2, 0.25) is 0 Å². The predicted molar refractivity (Wildman–Crippen MR) is 72.9 cm³/mol. The zero-order valence-electron chi connectivity index (χ0n) is 10.8. The number of aromatic nitrogens is 3. The summed E-state index contributed by atoms with van der Waals surface area (Å²) in [6.45, 7) is 2.38. The molecule has 5 nitrogen and oxygen atoms in total. The third-order valence-corrected chi connectivity index (χ3v) is 3.40. The molecule has 0 amide bonds.